The van der Waals surface area contributed by atoms with Gasteiger partial charge in [-0.3, -0.25) is 15.6 Å². The van der Waals surface area contributed by atoms with E-state index in [0.29, 0.717) is 18.3 Å². The molecule has 1 saturated heterocycles. The van der Waals surface area contributed by atoms with Crippen LogP contribution in [0, 0.1) is 19.7 Å². The van der Waals surface area contributed by atoms with Gasteiger partial charge < -0.3 is 4.90 Å². The maximum absolute atomic E-state index is 13.1. The second-order valence-electron chi connectivity index (χ2n) is 8.55. The maximum Gasteiger partial charge on any atom is 0.273 e. The van der Waals surface area contributed by atoms with Crippen molar-refractivity contribution in [3.8, 4) is 10.6 Å². The first-order valence-electron chi connectivity index (χ1n) is 11.0. The Morgan fingerprint density at radius 1 is 1.19 bits per heavy atom. The van der Waals surface area contributed by atoms with Crippen LogP contribution in [0.4, 0.5) is 4.39 Å². The number of rotatable bonds is 7. The lowest BCUT2D eigenvalue weighted by Gasteiger charge is -2.17. The second-order valence-corrected chi connectivity index (χ2v) is 9.41. The highest BCUT2D eigenvalue weighted by atomic mass is 32.1. The average Bonchev–Trinajstić information content (AvgIpc) is 3.44. The number of hydrazine groups is 1. The molecule has 1 fully saturated rings. The largest absolute Gasteiger partial charge is 0.340 e. The number of benzene rings is 2. The van der Waals surface area contributed by atoms with E-state index in [1.54, 1.807) is 4.90 Å². The molecule has 2 unspecified atom stereocenters. The van der Waals surface area contributed by atoms with E-state index in [1.807, 2.05) is 24.6 Å². The molecule has 1 amide bonds. The summed E-state index contributed by atoms with van der Waals surface area (Å²) in [5, 5.41) is 2.73. The van der Waals surface area contributed by atoms with E-state index in [1.165, 1.54) is 34.6 Å². The van der Waals surface area contributed by atoms with Gasteiger partial charge in [0.1, 0.15) is 16.5 Å². The van der Waals surface area contributed by atoms with Crippen LogP contribution in [0.5, 0.6) is 0 Å². The predicted molar refractivity (Wildman–Crippen MR) is 127 cm³/mol. The highest BCUT2D eigenvalue weighted by molar-refractivity contribution is 7.13. The van der Waals surface area contributed by atoms with Gasteiger partial charge in [-0.25, -0.2) is 9.37 Å². The Balaban J connectivity index is 1.27. The van der Waals surface area contributed by atoms with Crippen LogP contribution in [0.3, 0.4) is 0 Å². The molecular formula is C25H29FN4OS. The van der Waals surface area contributed by atoms with Crippen molar-refractivity contribution in [1.82, 2.24) is 20.7 Å². The summed E-state index contributed by atoms with van der Waals surface area (Å²) in [5.41, 5.74) is 11.7. The quantitative estimate of drug-likeness (QED) is 0.528. The Morgan fingerprint density at radius 3 is 2.72 bits per heavy atom. The molecule has 2 heterocycles. The first kappa shape index (κ1) is 22.6. The third-order valence-corrected chi connectivity index (χ3v) is 6.86. The first-order chi connectivity index (χ1) is 15.4. The Morgan fingerprint density at radius 2 is 1.97 bits per heavy atom. The molecule has 7 heteroatoms. The number of halogens is 1. The Kier molecular flexibility index (Phi) is 6.98. The maximum atomic E-state index is 13.1. The number of carbonyl (C=O) groups is 1. The number of aromatic nitrogens is 1. The summed E-state index contributed by atoms with van der Waals surface area (Å²) >= 11 is 1.51. The number of nitrogens with zero attached hydrogens (tertiary/aromatic N) is 2. The van der Waals surface area contributed by atoms with Crippen LogP contribution in [0.25, 0.3) is 10.6 Å². The van der Waals surface area contributed by atoms with Crippen molar-refractivity contribution in [2.75, 3.05) is 13.6 Å². The smallest absolute Gasteiger partial charge is 0.273 e. The van der Waals surface area contributed by atoms with Crippen LogP contribution in [-0.4, -0.2) is 35.4 Å². The summed E-state index contributed by atoms with van der Waals surface area (Å²) in [6.45, 7) is 4.82. The van der Waals surface area contributed by atoms with Gasteiger partial charge in [0.2, 0.25) is 0 Å². The number of hydrogen-bond acceptors (Lipinski definition) is 5. The third-order valence-electron chi connectivity index (χ3n) is 5.98. The van der Waals surface area contributed by atoms with Gasteiger partial charge in [-0.05, 0) is 56.4 Å². The fraction of sp³-hybridized carbons (Fsp3) is 0.360. The zero-order valence-electron chi connectivity index (χ0n) is 18.7. The van der Waals surface area contributed by atoms with Crippen molar-refractivity contribution in [3.05, 3.63) is 76.0 Å². The number of nitrogens with one attached hydrogen (secondary N) is 2. The molecule has 2 atom stereocenters. The number of amides is 1. The molecule has 1 aliphatic rings. The van der Waals surface area contributed by atoms with Crippen molar-refractivity contribution < 1.29 is 9.18 Å². The van der Waals surface area contributed by atoms with E-state index in [2.05, 4.69) is 47.9 Å². The SMILES string of the molecule is Cc1ccc(-c2nc(C(=O)N(C)CCCC3CC(c4ccc(F)cc4)NN3)cs2)c(C)c1. The van der Waals surface area contributed by atoms with Gasteiger partial charge in [-0.15, -0.1) is 11.3 Å². The van der Waals surface area contributed by atoms with Crippen molar-refractivity contribution in [3.63, 3.8) is 0 Å². The van der Waals surface area contributed by atoms with E-state index < -0.39 is 0 Å². The lowest BCUT2D eigenvalue weighted by molar-refractivity contribution is 0.0787. The highest BCUT2D eigenvalue weighted by Gasteiger charge is 2.25. The van der Waals surface area contributed by atoms with Crippen molar-refractivity contribution >= 4 is 17.2 Å². The van der Waals surface area contributed by atoms with E-state index in [9.17, 15) is 9.18 Å². The molecule has 2 aromatic carbocycles. The van der Waals surface area contributed by atoms with Gasteiger partial charge in [-0.1, -0.05) is 35.9 Å². The van der Waals surface area contributed by atoms with Crippen LogP contribution >= 0.6 is 11.3 Å². The number of aryl methyl sites for hydroxylation is 2. The van der Waals surface area contributed by atoms with Gasteiger partial charge >= 0.3 is 0 Å². The van der Waals surface area contributed by atoms with Gasteiger partial charge in [0.15, 0.2) is 0 Å². The average molecular weight is 453 g/mol. The van der Waals surface area contributed by atoms with Crippen LogP contribution in [-0.2, 0) is 0 Å². The molecule has 1 aromatic heterocycles. The summed E-state index contributed by atoms with van der Waals surface area (Å²) in [6.07, 6.45) is 2.79. The molecule has 2 N–H and O–H groups in total. The molecule has 0 saturated carbocycles. The molecule has 32 heavy (non-hydrogen) atoms. The van der Waals surface area contributed by atoms with Gasteiger partial charge in [-0.2, -0.15) is 0 Å². The van der Waals surface area contributed by atoms with Crippen LogP contribution in [0.2, 0.25) is 0 Å². The Bertz CT molecular complexity index is 1080. The Hall–Kier alpha value is -2.61. The summed E-state index contributed by atoms with van der Waals surface area (Å²) < 4.78 is 13.1. The zero-order chi connectivity index (χ0) is 22.7. The summed E-state index contributed by atoms with van der Waals surface area (Å²) in [6, 6.07) is 13.4. The fourth-order valence-electron chi connectivity index (χ4n) is 4.15. The number of thiazole rings is 1. The molecule has 0 bridgehead atoms. The van der Waals surface area contributed by atoms with Crippen molar-refractivity contribution in [2.24, 2.45) is 0 Å². The molecule has 0 spiro atoms. The molecule has 5 nitrogen and oxygen atoms in total. The minimum absolute atomic E-state index is 0.0426. The van der Waals surface area contributed by atoms with Gasteiger partial charge in [0.25, 0.3) is 5.91 Å². The third kappa shape index (κ3) is 5.23. The van der Waals surface area contributed by atoms with E-state index in [0.717, 1.165) is 35.4 Å². The van der Waals surface area contributed by atoms with Crippen molar-refractivity contribution in [2.45, 2.75) is 45.2 Å². The van der Waals surface area contributed by atoms with Crippen LogP contribution in [0.15, 0.2) is 47.8 Å². The molecule has 1 aliphatic heterocycles. The van der Waals surface area contributed by atoms with Crippen LogP contribution < -0.4 is 10.9 Å². The lowest BCUT2D eigenvalue weighted by atomic mass is 9.99. The van der Waals surface area contributed by atoms with E-state index in [-0.39, 0.29) is 17.8 Å². The normalized spacial score (nSPS) is 18.1. The van der Waals surface area contributed by atoms with E-state index in [4.69, 9.17) is 0 Å². The Labute approximate surface area is 192 Å². The monoisotopic (exact) mass is 452 g/mol. The topological polar surface area (TPSA) is 57.3 Å². The fourth-order valence-corrected chi connectivity index (χ4v) is 5.03. The highest BCUT2D eigenvalue weighted by Crippen LogP contribution is 2.28. The summed E-state index contributed by atoms with van der Waals surface area (Å²) in [7, 11) is 1.83. The minimum Gasteiger partial charge on any atom is -0.340 e. The first-order valence-corrected chi connectivity index (χ1v) is 11.8. The zero-order valence-corrected chi connectivity index (χ0v) is 19.5. The summed E-state index contributed by atoms with van der Waals surface area (Å²) in [4.78, 5) is 19.2. The van der Waals surface area contributed by atoms with Crippen LogP contribution in [0.1, 0.15) is 52.5 Å². The predicted octanol–water partition coefficient (Wildman–Crippen LogP) is 5.03. The van der Waals surface area contributed by atoms with Crippen molar-refractivity contribution in [1.29, 1.82) is 0 Å². The van der Waals surface area contributed by atoms with Gasteiger partial charge in [0, 0.05) is 36.6 Å². The second kappa shape index (κ2) is 9.90. The lowest BCUT2D eigenvalue weighted by Crippen LogP contribution is -2.32. The molecule has 168 valence electrons. The molecule has 0 radical (unpaired) electrons. The van der Waals surface area contributed by atoms with Gasteiger partial charge in [0.05, 0.1) is 0 Å². The number of carbonyl (C=O) groups excluding carboxylic acids is 1. The number of hydrogen-bond donors (Lipinski definition) is 2. The van der Waals surface area contributed by atoms with E-state index >= 15 is 0 Å². The molecule has 4 rings (SSSR count). The molecule has 3 aromatic rings. The standard InChI is InChI=1S/C25H29FN4OS/c1-16-6-11-21(17(2)13-16)24-27-23(15-32-24)25(31)30(3)12-4-5-20-14-22(29-28-20)18-7-9-19(26)10-8-18/h6-11,13,15,20,22,28-29H,4-5,12,14H2,1-3H3. The molecular weight excluding hydrogens is 423 g/mol. The summed E-state index contributed by atoms with van der Waals surface area (Å²) in [5.74, 6) is -0.260. The molecule has 0 aliphatic carbocycles. The minimum atomic E-state index is -0.217.